The smallest absolute Gasteiger partial charge is 0.251 e. The normalized spacial score (nSPS) is 18.1. The number of furan rings is 1. The van der Waals surface area contributed by atoms with Crippen molar-refractivity contribution in [2.45, 2.75) is 25.3 Å². The van der Waals surface area contributed by atoms with Crippen LogP contribution in [0.3, 0.4) is 0 Å². The first-order valence-electron chi connectivity index (χ1n) is 8.76. The molecule has 0 saturated carbocycles. The average molecular weight is 342 g/mol. The summed E-state index contributed by atoms with van der Waals surface area (Å²) in [6.07, 6.45) is 5.33. The lowest BCUT2D eigenvalue weighted by atomic mass is 10.1. The minimum Gasteiger partial charge on any atom is -0.468 e. The highest BCUT2D eigenvalue weighted by Gasteiger charge is 2.25. The zero-order chi connectivity index (χ0) is 17.1. The van der Waals surface area contributed by atoms with Gasteiger partial charge in [-0.05, 0) is 56.3 Å². The predicted octanol–water partition coefficient (Wildman–Crippen LogP) is 2.97. The van der Waals surface area contributed by atoms with Gasteiger partial charge in [0.2, 0.25) is 6.79 Å². The Balaban J connectivity index is 1.44. The molecule has 1 aromatic heterocycles. The van der Waals surface area contributed by atoms with E-state index >= 15 is 0 Å². The Bertz CT molecular complexity index is 723. The van der Waals surface area contributed by atoms with Gasteiger partial charge in [-0.1, -0.05) is 6.42 Å². The molecule has 1 amide bonds. The average Bonchev–Trinajstić information content (AvgIpc) is 3.34. The van der Waals surface area contributed by atoms with Gasteiger partial charge in [-0.15, -0.1) is 0 Å². The van der Waals surface area contributed by atoms with Gasteiger partial charge in [0, 0.05) is 12.1 Å². The molecule has 2 aliphatic rings. The molecule has 2 aliphatic heterocycles. The summed E-state index contributed by atoms with van der Waals surface area (Å²) in [5.41, 5.74) is 0.570. The molecule has 6 nitrogen and oxygen atoms in total. The molecule has 0 aliphatic carbocycles. The number of carbonyl (C=O) groups excluding carboxylic acids is 1. The number of benzene rings is 1. The van der Waals surface area contributed by atoms with Gasteiger partial charge in [0.05, 0.1) is 12.3 Å². The first-order chi connectivity index (χ1) is 12.3. The minimum absolute atomic E-state index is 0.0632. The van der Waals surface area contributed by atoms with E-state index in [-0.39, 0.29) is 18.7 Å². The van der Waals surface area contributed by atoms with Crippen molar-refractivity contribution in [1.29, 1.82) is 0 Å². The number of fused-ring (bicyclic) bond motifs is 1. The molecular weight excluding hydrogens is 320 g/mol. The lowest BCUT2D eigenvalue weighted by Gasteiger charge is -2.33. The third-order valence-corrected chi connectivity index (χ3v) is 4.79. The highest BCUT2D eigenvalue weighted by atomic mass is 16.7. The van der Waals surface area contributed by atoms with Crippen molar-refractivity contribution in [2.24, 2.45) is 0 Å². The van der Waals surface area contributed by atoms with E-state index in [2.05, 4.69) is 10.2 Å². The zero-order valence-corrected chi connectivity index (χ0v) is 14.1. The third kappa shape index (κ3) is 3.49. The van der Waals surface area contributed by atoms with Crippen molar-refractivity contribution in [3.63, 3.8) is 0 Å². The maximum atomic E-state index is 12.5. The Kier molecular flexibility index (Phi) is 4.61. The summed E-state index contributed by atoms with van der Waals surface area (Å²) < 4.78 is 16.2. The van der Waals surface area contributed by atoms with Crippen LogP contribution in [0.4, 0.5) is 0 Å². The third-order valence-electron chi connectivity index (χ3n) is 4.79. The van der Waals surface area contributed by atoms with Gasteiger partial charge < -0.3 is 19.2 Å². The summed E-state index contributed by atoms with van der Waals surface area (Å²) in [7, 11) is 0. The van der Waals surface area contributed by atoms with E-state index in [9.17, 15) is 4.79 Å². The summed E-state index contributed by atoms with van der Waals surface area (Å²) >= 11 is 0. The highest BCUT2D eigenvalue weighted by molar-refractivity contribution is 5.94. The number of ether oxygens (including phenoxy) is 2. The summed E-state index contributed by atoms with van der Waals surface area (Å²) in [5, 5.41) is 3.04. The van der Waals surface area contributed by atoms with Crippen LogP contribution in [0.1, 0.15) is 41.4 Å². The van der Waals surface area contributed by atoms with Crippen molar-refractivity contribution < 1.29 is 18.7 Å². The van der Waals surface area contributed by atoms with Crippen LogP contribution in [0.5, 0.6) is 11.5 Å². The Hall–Kier alpha value is -2.47. The molecule has 6 heteroatoms. The molecule has 1 unspecified atom stereocenters. The number of likely N-dealkylation sites (tertiary alicyclic amines) is 1. The lowest BCUT2D eigenvalue weighted by molar-refractivity contribution is 0.0913. The Morgan fingerprint density at radius 3 is 2.76 bits per heavy atom. The first-order valence-corrected chi connectivity index (χ1v) is 8.76. The SMILES string of the molecule is O=C(NCC(c1ccco1)N1CCCCC1)c1ccc2c(c1)OCO2. The molecule has 132 valence electrons. The fraction of sp³-hybridized carbons (Fsp3) is 0.421. The second kappa shape index (κ2) is 7.19. The number of amides is 1. The number of hydrogen-bond acceptors (Lipinski definition) is 5. The number of carbonyl (C=O) groups is 1. The standard InChI is InChI=1S/C19H22N2O4/c22-19(14-6-7-17-18(11-14)25-13-24-17)20-12-15(16-5-4-10-23-16)21-8-2-1-3-9-21/h4-7,10-11,15H,1-3,8-9,12-13H2,(H,20,22). The van der Waals surface area contributed by atoms with Crippen molar-refractivity contribution in [1.82, 2.24) is 10.2 Å². The van der Waals surface area contributed by atoms with E-state index < -0.39 is 0 Å². The Labute approximate surface area is 146 Å². The molecule has 1 fully saturated rings. The molecule has 3 heterocycles. The van der Waals surface area contributed by atoms with Gasteiger partial charge in [-0.2, -0.15) is 0 Å². The molecule has 1 aromatic carbocycles. The predicted molar refractivity (Wildman–Crippen MR) is 91.8 cm³/mol. The topological polar surface area (TPSA) is 63.9 Å². The molecule has 25 heavy (non-hydrogen) atoms. The molecule has 0 bridgehead atoms. The fourth-order valence-corrected chi connectivity index (χ4v) is 3.45. The first kappa shape index (κ1) is 16.0. The number of rotatable bonds is 5. The molecular formula is C19H22N2O4. The van der Waals surface area contributed by atoms with Crippen LogP contribution in [0.25, 0.3) is 0 Å². The fourth-order valence-electron chi connectivity index (χ4n) is 3.45. The second-order valence-corrected chi connectivity index (χ2v) is 6.41. The van der Waals surface area contributed by atoms with Gasteiger partial charge in [0.25, 0.3) is 5.91 Å². The minimum atomic E-state index is -0.119. The van der Waals surface area contributed by atoms with Crippen LogP contribution < -0.4 is 14.8 Å². The molecule has 1 saturated heterocycles. The quantitative estimate of drug-likeness (QED) is 0.905. The summed E-state index contributed by atoms with van der Waals surface area (Å²) in [4.78, 5) is 14.9. The van der Waals surface area contributed by atoms with Gasteiger partial charge in [-0.3, -0.25) is 9.69 Å². The van der Waals surface area contributed by atoms with Gasteiger partial charge in [-0.25, -0.2) is 0 Å². The monoisotopic (exact) mass is 342 g/mol. The lowest BCUT2D eigenvalue weighted by Crippen LogP contribution is -2.40. The van der Waals surface area contributed by atoms with Gasteiger partial charge >= 0.3 is 0 Å². The van der Waals surface area contributed by atoms with Gasteiger partial charge in [0.1, 0.15) is 5.76 Å². The van der Waals surface area contributed by atoms with Crippen LogP contribution in [0, 0.1) is 0 Å². The van der Waals surface area contributed by atoms with Gasteiger partial charge in [0.15, 0.2) is 11.5 Å². The van der Waals surface area contributed by atoms with E-state index in [0.717, 1.165) is 18.8 Å². The Morgan fingerprint density at radius 1 is 1.12 bits per heavy atom. The number of nitrogens with zero attached hydrogens (tertiary/aromatic N) is 1. The van der Waals surface area contributed by atoms with E-state index in [1.165, 1.54) is 19.3 Å². The maximum absolute atomic E-state index is 12.5. The molecule has 4 rings (SSSR count). The summed E-state index contributed by atoms with van der Waals surface area (Å²) in [6.45, 7) is 2.78. The molecule has 2 aromatic rings. The van der Waals surface area contributed by atoms with E-state index in [0.29, 0.717) is 23.6 Å². The van der Waals surface area contributed by atoms with E-state index in [4.69, 9.17) is 13.9 Å². The van der Waals surface area contributed by atoms with Crippen molar-refractivity contribution in [3.8, 4) is 11.5 Å². The highest BCUT2D eigenvalue weighted by Crippen LogP contribution is 2.32. The van der Waals surface area contributed by atoms with Crippen LogP contribution in [-0.4, -0.2) is 37.2 Å². The molecule has 1 N–H and O–H groups in total. The second-order valence-electron chi connectivity index (χ2n) is 6.41. The Morgan fingerprint density at radius 2 is 1.96 bits per heavy atom. The van der Waals surface area contributed by atoms with Crippen molar-refractivity contribution in [3.05, 3.63) is 47.9 Å². The number of piperidine rings is 1. The van der Waals surface area contributed by atoms with Crippen LogP contribution >= 0.6 is 0 Å². The van der Waals surface area contributed by atoms with Crippen LogP contribution in [-0.2, 0) is 0 Å². The zero-order valence-electron chi connectivity index (χ0n) is 14.1. The summed E-state index contributed by atoms with van der Waals surface area (Å²) in [5.74, 6) is 2.07. The number of nitrogens with one attached hydrogen (secondary N) is 1. The van der Waals surface area contributed by atoms with E-state index in [1.54, 1.807) is 24.5 Å². The number of hydrogen-bond donors (Lipinski definition) is 1. The molecule has 0 radical (unpaired) electrons. The molecule has 0 spiro atoms. The summed E-state index contributed by atoms with van der Waals surface area (Å²) in [6, 6.07) is 9.18. The van der Waals surface area contributed by atoms with Crippen LogP contribution in [0.15, 0.2) is 41.0 Å². The van der Waals surface area contributed by atoms with Crippen molar-refractivity contribution >= 4 is 5.91 Å². The largest absolute Gasteiger partial charge is 0.468 e. The van der Waals surface area contributed by atoms with Crippen molar-refractivity contribution in [2.75, 3.05) is 26.4 Å². The van der Waals surface area contributed by atoms with E-state index in [1.807, 2.05) is 12.1 Å². The maximum Gasteiger partial charge on any atom is 0.251 e. The molecule has 1 atom stereocenters. The van der Waals surface area contributed by atoms with Crippen LogP contribution in [0.2, 0.25) is 0 Å².